The van der Waals surface area contributed by atoms with Gasteiger partial charge in [-0.3, -0.25) is 19.3 Å². The molecule has 0 atom stereocenters. The van der Waals surface area contributed by atoms with Crippen LogP contribution in [0.3, 0.4) is 0 Å². The van der Waals surface area contributed by atoms with E-state index in [4.69, 9.17) is 0 Å². The predicted octanol–water partition coefficient (Wildman–Crippen LogP) is 4.82. The molecule has 0 radical (unpaired) electrons. The summed E-state index contributed by atoms with van der Waals surface area (Å²) in [4.78, 5) is 47.7. The molecule has 0 unspecified atom stereocenters. The van der Waals surface area contributed by atoms with Gasteiger partial charge in [0.15, 0.2) is 0 Å². The monoisotopic (exact) mass is 477 g/mol. The molecule has 8 heteroatoms. The smallest absolute Gasteiger partial charge is 0.261 e. The van der Waals surface area contributed by atoms with Crippen LogP contribution in [0.15, 0.2) is 84.9 Å². The predicted molar refractivity (Wildman–Crippen MR) is 137 cm³/mol. The van der Waals surface area contributed by atoms with Gasteiger partial charge in [0.05, 0.1) is 16.8 Å². The molecule has 3 amide bonds. The Morgan fingerprint density at radius 1 is 0.806 bits per heavy atom. The Bertz CT molecular complexity index is 1430. The van der Waals surface area contributed by atoms with Crippen molar-refractivity contribution in [2.24, 2.45) is 0 Å². The van der Waals surface area contributed by atoms with Crippen molar-refractivity contribution in [3.8, 4) is 11.3 Å². The van der Waals surface area contributed by atoms with Crippen molar-refractivity contribution in [3.05, 3.63) is 102 Å². The maximum Gasteiger partial charge on any atom is 0.261 e. The van der Waals surface area contributed by atoms with Gasteiger partial charge in [-0.15, -0.1) is 0 Å². The number of hydrogen-bond donors (Lipinski definition) is 2. The summed E-state index contributed by atoms with van der Waals surface area (Å²) in [6, 6.07) is 25.6. The molecular formula is C28H23N5O3. The molecule has 0 bridgehead atoms. The van der Waals surface area contributed by atoms with Gasteiger partial charge >= 0.3 is 0 Å². The third kappa shape index (κ3) is 4.83. The number of rotatable bonds is 7. The third-order valence-electron chi connectivity index (χ3n) is 5.77. The standard InChI is InChI=1S/C28H23N5O3/c1-18-29-24(19-8-3-2-4-9-19)17-25(30-18)31-20-10-7-11-21(16-20)32-26(34)14-15-33-27(35)22-12-5-6-13-23(22)28(33)36/h2-13,16-17H,14-15H2,1H3,(H,32,34)(H,29,30,31). The molecule has 0 saturated carbocycles. The Balaban J connectivity index is 1.23. The molecule has 2 heterocycles. The van der Waals surface area contributed by atoms with Crippen LogP contribution in [0.2, 0.25) is 0 Å². The van der Waals surface area contributed by atoms with Crippen LogP contribution in [0, 0.1) is 6.92 Å². The number of aryl methyl sites for hydroxylation is 1. The van der Waals surface area contributed by atoms with Crippen LogP contribution in [0.4, 0.5) is 17.2 Å². The summed E-state index contributed by atoms with van der Waals surface area (Å²) in [7, 11) is 0. The molecule has 178 valence electrons. The molecule has 36 heavy (non-hydrogen) atoms. The van der Waals surface area contributed by atoms with Crippen LogP contribution in [0.25, 0.3) is 11.3 Å². The number of aromatic nitrogens is 2. The largest absolute Gasteiger partial charge is 0.340 e. The van der Waals surface area contributed by atoms with Crippen LogP contribution in [-0.2, 0) is 4.79 Å². The van der Waals surface area contributed by atoms with Gasteiger partial charge in [0.1, 0.15) is 11.6 Å². The first kappa shape index (κ1) is 22.9. The highest BCUT2D eigenvalue weighted by molar-refractivity contribution is 6.21. The maximum absolute atomic E-state index is 12.6. The topological polar surface area (TPSA) is 104 Å². The molecule has 2 N–H and O–H groups in total. The zero-order valence-corrected chi connectivity index (χ0v) is 19.6. The van der Waals surface area contributed by atoms with Crippen molar-refractivity contribution >= 4 is 34.9 Å². The lowest BCUT2D eigenvalue weighted by Gasteiger charge is -2.14. The van der Waals surface area contributed by atoms with E-state index in [0.29, 0.717) is 28.5 Å². The first-order chi connectivity index (χ1) is 17.5. The molecule has 5 rings (SSSR count). The number of carbonyl (C=O) groups is 3. The summed E-state index contributed by atoms with van der Waals surface area (Å²) in [5, 5.41) is 6.10. The lowest BCUT2D eigenvalue weighted by molar-refractivity contribution is -0.116. The number of benzene rings is 3. The third-order valence-corrected chi connectivity index (χ3v) is 5.77. The molecule has 0 spiro atoms. The minimum absolute atomic E-state index is 0.00529. The fourth-order valence-electron chi connectivity index (χ4n) is 4.09. The van der Waals surface area contributed by atoms with Gasteiger partial charge in [0, 0.05) is 36.0 Å². The number of anilines is 3. The fraction of sp³-hybridized carbons (Fsp3) is 0.107. The van der Waals surface area contributed by atoms with E-state index in [1.165, 1.54) is 0 Å². The van der Waals surface area contributed by atoms with Gasteiger partial charge < -0.3 is 10.6 Å². The van der Waals surface area contributed by atoms with Crippen LogP contribution in [0.1, 0.15) is 33.0 Å². The Morgan fingerprint density at radius 2 is 1.47 bits per heavy atom. The molecule has 0 aliphatic carbocycles. The van der Waals surface area contributed by atoms with Crippen molar-refractivity contribution in [2.75, 3.05) is 17.2 Å². The van der Waals surface area contributed by atoms with E-state index in [0.717, 1.165) is 21.8 Å². The molecule has 0 fully saturated rings. The summed E-state index contributed by atoms with van der Waals surface area (Å²) in [5.74, 6) is 0.231. The lowest BCUT2D eigenvalue weighted by atomic mass is 10.1. The highest BCUT2D eigenvalue weighted by atomic mass is 16.2. The molecule has 1 aromatic heterocycles. The Kier molecular flexibility index (Phi) is 6.23. The number of nitrogens with zero attached hydrogens (tertiary/aromatic N) is 3. The molecule has 0 saturated heterocycles. The normalized spacial score (nSPS) is 12.4. The van der Waals surface area contributed by atoms with Crippen molar-refractivity contribution in [1.82, 2.24) is 14.9 Å². The SMILES string of the molecule is Cc1nc(Nc2cccc(NC(=O)CCN3C(=O)c4ccccc4C3=O)c2)cc(-c2ccccc2)n1. The van der Waals surface area contributed by atoms with Crippen molar-refractivity contribution < 1.29 is 14.4 Å². The maximum atomic E-state index is 12.6. The van der Waals surface area contributed by atoms with Gasteiger partial charge in [-0.2, -0.15) is 0 Å². The van der Waals surface area contributed by atoms with Gasteiger partial charge in [-0.1, -0.05) is 48.5 Å². The highest BCUT2D eigenvalue weighted by Crippen LogP contribution is 2.25. The van der Waals surface area contributed by atoms with Gasteiger partial charge in [-0.25, -0.2) is 9.97 Å². The quantitative estimate of drug-likeness (QED) is 0.370. The van der Waals surface area contributed by atoms with Gasteiger partial charge in [0.25, 0.3) is 11.8 Å². The van der Waals surface area contributed by atoms with E-state index in [-0.39, 0.29) is 30.7 Å². The van der Waals surface area contributed by atoms with Crippen LogP contribution >= 0.6 is 0 Å². The van der Waals surface area contributed by atoms with Crippen molar-refractivity contribution in [1.29, 1.82) is 0 Å². The minimum Gasteiger partial charge on any atom is -0.340 e. The average molecular weight is 478 g/mol. The van der Waals surface area contributed by atoms with Crippen LogP contribution < -0.4 is 10.6 Å². The Hall–Kier alpha value is -4.85. The Morgan fingerprint density at radius 3 is 2.19 bits per heavy atom. The van der Waals surface area contributed by atoms with Crippen LogP contribution in [0.5, 0.6) is 0 Å². The number of fused-ring (bicyclic) bond motifs is 1. The molecule has 4 aromatic rings. The second kappa shape index (κ2) is 9.79. The molecule has 1 aliphatic heterocycles. The Labute approximate surface area is 208 Å². The molecule has 3 aromatic carbocycles. The van der Waals surface area contributed by atoms with E-state index < -0.39 is 0 Å². The number of carbonyl (C=O) groups excluding carboxylic acids is 3. The number of amides is 3. The minimum atomic E-state index is -0.371. The second-order valence-corrected chi connectivity index (χ2v) is 8.36. The number of imide groups is 1. The van der Waals surface area contributed by atoms with Gasteiger partial charge in [-0.05, 0) is 37.3 Å². The van der Waals surface area contributed by atoms with E-state index in [1.807, 2.05) is 55.5 Å². The zero-order valence-electron chi connectivity index (χ0n) is 19.6. The van der Waals surface area contributed by atoms with Gasteiger partial charge in [0.2, 0.25) is 5.91 Å². The van der Waals surface area contributed by atoms with E-state index in [2.05, 4.69) is 20.6 Å². The average Bonchev–Trinajstić information content (AvgIpc) is 3.12. The second-order valence-electron chi connectivity index (χ2n) is 8.36. The summed E-state index contributed by atoms with van der Waals surface area (Å²) in [5.41, 5.74) is 3.87. The summed E-state index contributed by atoms with van der Waals surface area (Å²) < 4.78 is 0. The molecular weight excluding hydrogens is 454 g/mol. The summed E-state index contributed by atoms with van der Waals surface area (Å²) >= 11 is 0. The fourth-order valence-corrected chi connectivity index (χ4v) is 4.09. The summed E-state index contributed by atoms with van der Waals surface area (Å²) in [6.07, 6.45) is -0.00529. The van der Waals surface area contributed by atoms with Crippen molar-refractivity contribution in [3.63, 3.8) is 0 Å². The van der Waals surface area contributed by atoms with E-state index in [1.54, 1.807) is 36.4 Å². The molecule has 8 nitrogen and oxygen atoms in total. The first-order valence-corrected chi connectivity index (χ1v) is 11.5. The number of nitrogens with one attached hydrogen (secondary N) is 2. The summed E-state index contributed by atoms with van der Waals surface area (Å²) in [6.45, 7) is 1.85. The van der Waals surface area contributed by atoms with E-state index >= 15 is 0 Å². The highest BCUT2D eigenvalue weighted by Gasteiger charge is 2.34. The van der Waals surface area contributed by atoms with Crippen LogP contribution in [-0.4, -0.2) is 39.1 Å². The molecule has 1 aliphatic rings. The zero-order chi connectivity index (χ0) is 25.1. The number of hydrogen-bond acceptors (Lipinski definition) is 6. The van der Waals surface area contributed by atoms with E-state index in [9.17, 15) is 14.4 Å². The lowest BCUT2D eigenvalue weighted by Crippen LogP contribution is -2.32. The van der Waals surface area contributed by atoms with Crippen molar-refractivity contribution in [2.45, 2.75) is 13.3 Å². The first-order valence-electron chi connectivity index (χ1n) is 11.5.